The zero-order valence-corrected chi connectivity index (χ0v) is 14.9. The minimum Gasteiger partial charge on any atom is -0.439 e. The minimum atomic E-state index is -4.42. The fraction of sp³-hybridized carbons (Fsp3) is 0.389. The molecule has 0 bridgehead atoms. The van der Waals surface area contributed by atoms with Crippen molar-refractivity contribution in [2.24, 2.45) is 0 Å². The third-order valence-corrected chi connectivity index (χ3v) is 4.67. The summed E-state index contributed by atoms with van der Waals surface area (Å²) in [4.78, 5) is 4.14. The average Bonchev–Trinajstić information content (AvgIpc) is 2.75. The van der Waals surface area contributed by atoms with E-state index in [0.29, 0.717) is 5.46 Å². The Kier molecular flexibility index (Phi) is 4.52. The highest BCUT2D eigenvalue weighted by molar-refractivity contribution is 6.62. The summed E-state index contributed by atoms with van der Waals surface area (Å²) in [5, 5.41) is 0. The van der Waals surface area contributed by atoms with Crippen LogP contribution >= 0.6 is 0 Å². The largest absolute Gasteiger partial charge is 0.496 e. The molecule has 26 heavy (non-hydrogen) atoms. The monoisotopic (exact) mass is 365 g/mol. The summed E-state index contributed by atoms with van der Waals surface area (Å²) < 4.78 is 55.6. The van der Waals surface area contributed by atoms with Gasteiger partial charge in [-0.05, 0) is 45.9 Å². The Labute approximate surface area is 150 Å². The third kappa shape index (κ3) is 3.71. The van der Waals surface area contributed by atoms with Gasteiger partial charge in [-0.15, -0.1) is 0 Å². The lowest BCUT2D eigenvalue weighted by molar-refractivity contribution is -0.137. The van der Waals surface area contributed by atoms with Crippen molar-refractivity contribution in [2.45, 2.75) is 45.1 Å². The molecule has 2 heterocycles. The van der Waals surface area contributed by atoms with Gasteiger partial charge in [-0.3, -0.25) is 0 Å². The van der Waals surface area contributed by atoms with Crippen molar-refractivity contribution in [2.75, 3.05) is 0 Å². The first kappa shape index (κ1) is 18.7. The summed E-state index contributed by atoms with van der Waals surface area (Å²) in [6.07, 6.45) is -2.89. The first-order valence-corrected chi connectivity index (χ1v) is 8.15. The molecular formula is C18H19BF3NO3. The lowest BCUT2D eigenvalue weighted by atomic mass is 9.80. The number of hydrogen-bond donors (Lipinski definition) is 0. The molecule has 1 fully saturated rings. The number of nitrogens with zero attached hydrogens (tertiary/aromatic N) is 1. The number of rotatable bonds is 3. The lowest BCUT2D eigenvalue weighted by Crippen LogP contribution is -2.41. The van der Waals surface area contributed by atoms with Crippen LogP contribution in [-0.2, 0) is 15.5 Å². The van der Waals surface area contributed by atoms with Gasteiger partial charge in [-0.2, -0.15) is 13.2 Å². The second-order valence-electron chi connectivity index (χ2n) is 7.15. The summed E-state index contributed by atoms with van der Waals surface area (Å²) >= 11 is 0. The molecule has 138 valence electrons. The number of hydrogen-bond acceptors (Lipinski definition) is 4. The number of halogens is 3. The molecular weight excluding hydrogens is 346 g/mol. The van der Waals surface area contributed by atoms with Crippen LogP contribution < -0.4 is 10.2 Å². The van der Waals surface area contributed by atoms with Gasteiger partial charge in [0.1, 0.15) is 5.75 Å². The van der Waals surface area contributed by atoms with Crippen LogP contribution in [0.5, 0.6) is 11.6 Å². The minimum absolute atomic E-state index is 0.0655. The first-order chi connectivity index (χ1) is 12.0. The fourth-order valence-electron chi connectivity index (χ4n) is 2.43. The van der Waals surface area contributed by atoms with Gasteiger partial charge in [-0.1, -0.05) is 12.1 Å². The van der Waals surface area contributed by atoms with E-state index in [1.165, 1.54) is 18.3 Å². The molecule has 0 radical (unpaired) electrons. The van der Waals surface area contributed by atoms with Gasteiger partial charge in [0.25, 0.3) is 0 Å². The van der Waals surface area contributed by atoms with Crippen LogP contribution in [0.2, 0.25) is 0 Å². The first-order valence-electron chi connectivity index (χ1n) is 8.15. The summed E-state index contributed by atoms with van der Waals surface area (Å²) in [6.45, 7) is 7.80. The van der Waals surface area contributed by atoms with Gasteiger partial charge >= 0.3 is 13.3 Å². The molecule has 1 aromatic heterocycles. The van der Waals surface area contributed by atoms with Crippen LogP contribution in [-0.4, -0.2) is 23.3 Å². The molecule has 2 aromatic rings. The Morgan fingerprint density at radius 1 is 1.00 bits per heavy atom. The van der Waals surface area contributed by atoms with Crippen molar-refractivity contribution in [3.05, 3.63) is 48.2 Å². The zero-order chi connectivity index (χ0) is 19.2. The van der Waals surface area contributed by atoms with E-state index in [-0.39, 0.29) is 11.6 Å². The standard InChI is InChI=1S/C18H19BF3NO3/c1-16(2)17(3,4)26-19(25-16)13-8-9-15(23-11-13)24-14-7-5-6-12(10-14)18(20,21)22/h5-11H,1-4H3. The molecule has 1 aromatic carbocycles. The Morgan fingerprint density at radius 2 is 1.65 bits per heavy atom. The number of ether oxygens (including phenoxy) is 1. The highest BCUT2D eigenvalue weighted by Gasteiger charge is 2.51. The Balaban J connectivity index is 1.73. The number of aromatic nitrogens is 1. The maximum Gasteiger partial charge on any atom is 0.496 e. The smallest absolute Gasteiger partial charge is 0.439 e. The van der Waals surface area contributed by atoms with Crippen molar-refractivity contribution < 1.29 is 27.2 Å². The summed E-state index contributed by atoms with van der Waals surface area (Å²) in [5.74, 6) is 0.250. The number of pyridine rings is 1. The van der Waals surface area contributed by atoms with E-state index in [2.05, 4.69) is 4.98 Å². The number of benzene rings is 1. The van der Waals surface area contributed by atoms with Crippen LogP contribution in [0.1, 0.15) is 33.3 Å². The maximum absolute atomic E-state index is 12.8. The van der Waals surface area contributed by atoms with E-state index in [4.69, 9.17) is 14.0 Å². The molecule has 8 heteroatoms. The molecule has 0 aliphatic carbocycles. The maximum atomic E-state index is 12.8. The second kappa shape index (κ2) is 6.28. The predicted molar refractivity (Wildman–Crippen MR) is 91.5 cm³/mol. The van der Waals surface area contributed by atoms with Crippen LogP contribution in [0, 0.1) is 0 Å². The molecule has 0 amide bonds. The van der Waals surface area contributed by atoms with Gasteiger partial charge in [0, 0.05) is 17.7 Å². The number of alkyl halides is 3. The molecule has 1 aliphatic heterocycles. The molecule has 0 atom stereocenters. The molecule has 3 rings (SSSR count). The van der Waals surface area contributed by atoms with Crippen LogP contribution in [0.4, 0.5) is 13.2 Å². The highest BCUT2D eigenvalue weighted by atomic mass is 19.4. The lowest BCUT2D eigenvalue weighted by Gasteiger charge is -2.32. The van der Waals surface area contributed by atoms with E-state index in [0.717, 1.165) is 12.1 Å². The van der Waals surface area contributed by atoms with Crippen molar-refractivity contribution in [3.63, 3.8) is 0 Å². The van der Waals surface area contributed by atoms with E-state index < -0.39 is 30.1 Å². The fourth-order valence-corrected chi connectivity index (χ4v) is 2.43. The third-order valence-electron chi connectivity index (χ3n) is 4.67. The molecule has 0 spiro atoms. The Morgan fingerprint density at radius 3 is 2.19 bits per heavy atom. The molecule has 0 unspecified atom stereocenters. The van der Waals surface area contributed by atoms with Gasteiger partial charge in [0.15, 0.2) is 0 Å². The normalized spacial score (nSPS) is 18.8. The Bertz CT molecular complexity index is 775. The van der Waals surface area contributed by atoms with Crippen molar-refractivity contribution >= 4 is 12.6 Å². The second-order valence-corrected chi connectivity index (χ2v) is 7.15. The van der Waals surface area contributed by atoms with E-state index >= 15 is 0 Å². The topological polar surface area (TPSA) is 40.6 Å². The summed E-state index contributed by atoms with van der Waals surface area (Å²) in [7, 11) is -0.560. The van der Waals surface area contributed by atoms with E-state index in [1.807, 2.05) is 27.7 Å². The molecule has 1 saturated heterocycles. The van der Waals surface area contributed by atoms with Gasteiger partial charge in [0.2, 0.25) is 5.88 Å². The molecule has 1 aliphatic rings. The highest BCUT2D eigenvalue weighted by Crippen LogP contribution is 2.36. The molecule has 0 N–H and O–H groups in total. The molecule has 4 nitrogen and oxygen atoms in total. The van der Waals surface area contributed by atoms with Crippen molar-refractivity contribution in [3.8, 4) is 11.6 Å². The van der Waals surface area contributed by atoms with Gasteiger partial charge < -0.3 is 14.0 Å². The SMILES string of the molecule is CC1(C)OB(c2ccc(Oc3cccc(C(F)(F)F)c3)nc2)OC1(C)C. The summed E-state index contributed by atoms with van der Waals surface area (Å²) in [5.41, 5.74) is -1.00. The predicted octanol–water partition coefficient (Wildman–Crippen LogP) is 4.19. The Hall–Kier alpha value is -2.06. The van der Waals surface area contributed by atoms with Crippen LogP contribution in [0.15, 0.2) is 42.6 Å². The van der Waals surface area contributed by atoms with Crippen molar-refractivity contribution in [1.29, 1.82) is 0 Å². The van der Waals surface area contributed by atoms with E-state index in [9.17, 15) is 13.2 Å². The van der Waals surface area contributed by atoms with Crippen LogP contribution in [0.25, 0.3) is 0 Å². The van der Waals surface area contributed by atoms with Crippen molar-refractivity contribution in [1.82, 2.24) is 4.98 Å². The summed E-state index contributed by atoms with van der Waals surface area (Å²) in [6, 6.07) is 7.94. The van der Waals surface area contributed by atoms with Gasteiger partial charge in [-0.25, -0.2) is 4.98 Å². The molecule has 0 saturated carbocycles. The van der Waals surface area contributed by atoms with Gasteiger partial charge in [0.05, 0.1) is 16.8 Å². The average molecular weight is 365 g/mol. The van der Waals surface area contributed by atoms with Crippen LogP contribution in [0.3, 0.4) is 0 Å². The quantitative estimate of drug-likeness (QED) is 0.765. The zero-order valence-electron chi connectivity index (χ0n) is 14.9. The van der Waals surface area contributed by atoms with E-state index in [1.54, 1.807) is 12.1 Å².